The van der Waals surface area contributed by atoms with E-state index in [1.807, 2.05) is 0 Å². The summed E-state index contributed by atoms with van der Waals surface area (Å²) in [5.74, 6) is -1.76. The lowest BCUT2D eigenvalue weighted by Gasteiger charge is -2.07. The fourth-order valence-corrected chi connectivity index (χ4v) is 1.13. The highest BCUT2D eigenvalue weighted by Crippen LogP contribution is 2.08. The average Bonchev–Trinajstić information content (AvgIpc) is 2.25. The molecule has 1 rings (SSSR count). The Hall–Kier alpha value is -2.17. The Morgan fingerprint density at radius 2 is 1.88 bits per heavy atom. The fraction of sp³-hybridized carbons (Fsp3) is 0.182. The molecule has 0 aliphatic heterocycles. The molecule has 0 bridgehead atoms. The smallest absolute Gasteiger partial charge is 0.341 e. The Morgan fingerprint density at radius 1 is 1.31 bits per heavy atom. The molecule has 0 saturated heterocycles. The molecule has 0 amide bonds. The van der Waals surface area contributed by atoms with E-state index in [4.69, 9.17) is 5.11 Å². The van der Waals surface area contributed by atoms with Gasteiger partial charge in [-0.3, -0.25) is 9.78 Å². The number of nitrogens with zero attached hydrogens (tertiary/aromatic N) is 2. The Balaban J connectivity index is 3.07. The number of pyridine rings is 1. The van der Waals surface area contributed by atoms with Gasteiger partial charge in [-0.1, -0.05) is 0 Å². The molecular weight excluding hydrogens is 208 g/mol. The van der Waals surface area contributed by atoms with E-state index in [2.05, 4.69) is 4.98 Å². The predicted octanol–water partition coefficient (Wildman–Crippen LogP) is 0.794. The monoisotopic (exact) mass is 220 g/mol. The van der Waals surface area contributed by atoms with Crippen LogP contribution in [0, 0.1) is 0 Å². The van der Waals surface area contributed by atoms with Crippen LogP contribution in [-0.4, -0.2) is 40.8 Å². The number of Topliss-reactive ketones (excluding diaryl/α,β-unsaturated/α-hetero) is 1. The van der Waals surface area contributed by atoms with Crippen LogP contribution in [0.3, 0.4) is 0 Å². The fourth-order valence-electron chi connectivity index (χ4n) is 1.13. The summed E-state index contributed by atoms with van der Waals surface area (Å²) in [5.41, 5.74) is 0.0432. The minimum atomic E-state index is -1.24. The van der Waals surface area contributed by atoms with Crippen molar-refractivity contribution in [3.8, 4) is 0 Å². The highest BCUT2D eigenvalue weighted by atomic mass is 16.4. The van der Waals surface area contributed by atoms with Crippen LogP contribution in [0.4, 0.5) is 0 Å². The van der Waals surface area contributed by atoms with Gasteiger partial charge in [-0.05, 0) is 12.1 Å². The molecule has 5 nitrogen and oxygen atoms in total. The molecule has 1 heterocycles. The van der Waals surface area contributed by atoms with Crippen molar-refractivity contribution in [1.82, 2.24) is 9.88 Å². The first kappa shape index (κ1) is 11.9. The summed E-state index contributed by atoms with van der Waals surface area (Å²) in [7, 11) is 3.31. The maximum atomic E-state index is 11.8. The molecule has 0 atom stereocenters. The summed E-state index contributed by atoms with van der Waals surface area (Å²) in [4.78, 5) is 28.0. The second-order valence-corrected chi connectivity index (χ2v) is 3.38. The molecule has 0 saturated carbocycles. The van der Waals surface area contributed by atoms with Crippen LogP contribution in [0.25, 0.3) is 0 Å². The third-order valence-electron chi connectivity index (χ3n) is 1.80. The van der Waals surface area contributed by atoms with Crippen molar-refractivity contribution in [3.63, 3.8) is 0 Å². The zero-order valence-corrected chi connectivity index (χ0v) is 9.04. The number of carboxylic acid groups (broad SMARTS) is 1. The van der Waals surface area contributed by atoms with Gasteiger partial charge in [-0.15, -0.1) is 0 Å². The molecule has 84 valence electrons. The van der Waals surface area contributed by atoms with Crippen LogP contribution in [0.1, 0.15) is 10.4 Å². The number of hydrogen-bond donors (Lipinski definition) is 1. The normalized spacial score (nSPS) is 11.0. The van der Waals surface area contributed by atoms with Gasteiger partial charge >= 0.3 is 5.97 Å². The van der Waals surface area contributed by atoms with Crippen LogP contribution >= 0.6 is 0 Å². The van der Waals surface area contributed by atoms with Gasteiger partial charge in [0.2, 0.25) is 5.78 Å². The largest absolute Gasteiger partial charge is 0.477 e. The first-order valence-electron chi connectivity index (χ1n) is 4.58. The van der Waals surface area contributed by atoms with Crippen molar-refractivity contribution in [3.05, 3.63) is 41.9 Å². The SMILES string of the molecule is CN(C)C=C(C(=O)O)C(=O)c1ccncc1. The van der Waals surface area contributed by atoms with Crippen molar-refractivity contribution >= 4 is 11.8 Å². The van der Waals surface area contributed by atoms with Gasteiger partial charge in [0.15, 0.2) is 0 Å². The number of carboxylic acids is 1. The predicted molar refractivity (Wildman–Crippen MR) is 58.0 cm³/mol. The Kier molecular flexibility index (Phi) is 3.77. The van der Waals surface area contributed by atoms with Crippen LogP contribution < -0.4 is 0 Å². The molecule has 0 spiro atoms. The van der Waals surface area contributed by atoms with Crippen LogP contribution in [0.5, 0.6) is 0 Å². The highest BCUT2D eigenvalue weighted by Gasteiger charge is 2.19. The molecule has 0 aliphatic carbocycles. The molecule has 16 heavy (non-hydrogen) atoms. The third-order valence-corrected chi connectivity index (χ3v) is 1.80. The summed E-state index contributed by atoms with van der Waals surface area (Å²) < 4.78 is 0. The van der Waals surface area contributed by atoms with Gasteiger partial charge in [0.25, 0.3) is 0 Å². The summed E-state index contributed by atoms with van der Waals surface area (Å²) in [5, 5.41) is 8.92. The second kappa shape index (κ2) is 5.06. The minimum Gasteiger partial charge on any atom is -0.477 e. The Labute approximate surface area is 93.0 Å². The number of aliphatic carboxylic acids is 1. The van der Waals surface area contributed by atoms with Crippen molar-refractivity contribution in [1.29, 1.82) is 0 Å². The number of hydrogen-bond acceptors (Lipinski definition) is 4. The van der Waals surface area contributed by atoms with E-state index >= 15 is 0 Å². The van der Waals surface area contributed by atoms with Crippen molar-refractivity contribution in [2.45, 2.75) is 0 Å². The third kappa shape index (κ3) is 2.91. The highest BCUT2D eigenvalue weighted by molar-refractivity contribution is 6.23. The summed E-state index contributed by atoms with van der Waals surface area (Å²) >= 11 is 0. The first-order valence-corrected chi connectivity index (χ1v) is 4.58. The van der Waals surface area contributed by atoms with E-state index in [9.17, 15) is 9.59 Å². The van der Waals surface area contributed by atoms with E-state index in [0.717, 1.165) is 0 Å². The van der Waals surface area contributed by atoms with E-state index in [0.29, 0.717) is 5.56 Å². The molecular formula is C11H12N2O3. The Bertz CT molecular complexity index is 424. The lowest BCUT2D eigenvalue weighted by atomic mass is 10.1. The van der Waals surface area contributed by atoms with E-state index < -0.39 is 11.8 Å². The number of carbonyl (C=O) groups excluding carboxylic acids is 1. The summed E-state index contributed by atoms with van der Waals surface area (Å²) in [6.45, 7) is 0. The molecule has 5 heteroatoms. The second-order valence-electron chi connectivity index (χ2n) is 3.38. The number of ketones is 1. The number of carbonyl (C=O) groups is 2. The molecule has 1 aromatic heterocycles. The molecule has 1 N–H and O–H groups in total. The van der Waals surface area contributed by atoms with Gasteiger partial charge in [-0.2, -0.15) is 0 Å². The van der Waals surface area contributed by atoms with Gasteiger partial charge in [0, 0.05) is 38.3 Å². The van der Waals surface area contributed by atoms with E-state index in [1.165, 1.54) is 35.6 Å². The lowest BCUT2D eigenvalue weighted by Crippen LogP contribution is -2.16. The number of aromatic nitrogens is 1. The van der Waals surface area contributed by atoms with Gasteiger partial charge in [0.05, 0.1) is 0 Å². The Morgan fingerprint density at radius 3 is 2.31 bits per heavy atom. The maximum absolute atomic E-state index is 11.8. The van der Waals surface area contributed by atoms with E-state index in [1.54, 1.807) is 14.1 Å². The zero-order chi connectivity index (χ0) is 12.1. The van der Waals surface area contributed by atoms with Crippen LogP contribution in [0.15, 0.2) is 36.3 Å². The zero-order valence-electron chi connectivity index (χ0n) is 9.04. The standard InChI is InChI=1S/C11H12N2O3/c1-13(2)7-9(11(15)16)10(14)8-3-5-12-6-4-8/h3-7H,1-2H3,(H,15,16). The minimum absolute atomic E-state index is 0.267. The first-order chi connectivity index (χ1) is 7.52. The van der Waals surface area contributed by atoms with Crippen LogP contribution in [0.2, 0.25) is 0 Å². The molecule has 0 fully saturated rings. The molecule has 0 aliphatic rings. The average molecular weight is 220 g/mol. The number of rotatable bonds is 4. The molecule has 1 aromatic rings. The topological polar surface area (TPSA) is 70.5 Å². The van der Waals surface area contributed by atoms with Crippen molar-refractivity contribution in [2.75, 3.05) is 14.1 Å². The van der Waals surface area contributed by atoms with Gasteiger partial charge < -0.3 is 10.0 Å². The lowest BCUT2D eigenvalue weighted by molar-refractivity contribution is -0.132. The summed E-state index contributed by atoms with van der Waals surface area (Å²) in [6.07, 6.45) is 4.18. The maximum Gasteiger partial charge on any atom is 0.341 e. The van der Waals surface area contributed by atoms with Gasteiger partial charge in [-0.25, -0.2) is 4.79 Å². The van der Waals surface area contributed by atoms with Crippen molar-refractivity contribution in [2.24, 2.45) is 0 Å². The molecule has 0 unspecified atom stereocenters. The van der Waals surface area contributed by atoms with E-state index in [-0.39, 0.29) is 5.57 Å². The van der Waals surface area contributed by atoms with Gasteiger partial charge in [0.1, 0.15) is 5.57 Å². The molecule has 0 radical (unpaired) electrons. The van der Waals surface area contributed by atoms with Crippen molar-refractivity contribution < 1.29 is 14.7 Å². The van der Waals surface area contributed by atoms with Crippen LogP contribution in [-0.2, 0) is 4.79 Å². The molecule has 0 aromatic carbocycles. The quantitative estimate of drug-likeness (QED) is 0.351. The summed E-state index contributed by atoms with van der Waals surface area (Å²) in [6, 6.07) is 2.96.